The number of nitrogens with one attached hydrogen (secondary N) is 1. The summed E-state index contributed by atoms with van der Waals surface area (Å²) in [6, 6.07) is 11.8. The lowest BCUT2D eigenvalue weighted by Gasteiger charge is -2.02. The first-order chi connectivity index (χ1) is 11.2. The van der Waals surface area contributed by atoms with Gasteiger partial charge in [0.15, 0.2) is 10.9 Å². The number of furan rings is 1. The molecule has 5 heteroatoms. The molecule has 1 aromatic carbocycles. The second-order valence-corrected chi connectivity index (χ2v) is 6.51. The second-order valence-electron chi connectivity index (χ2n) is 5.30. The van der Waals surface area contributed by atoms with Gasteiger partial charge in [0.1, 0.15) is 0 Å². The van der Waals surface area contributed by atoms with E-state index in [4.69, 9.17) is 4.42 Å². The van der Waals surface area contributed by atoms with E-state index in [1.54, 1.807) is 12.1 Å². The molecule has 23 heavy (non-hydrogen) atoms. The van der Waals surface area contributed by atoms with Crippen LogP contribution in [0.2, 0.25) is 0 Å². The minimum atomic E-state index is -0.284. The van der Waals surface area contributed by atoms with Crippen LogP contribution in [0.1, 0.15) is 34.3 Å². The van der Waals surface area contributed by atoms with E-state index in [1.165, 1.54) is 23.2 Å². The Labute approximate surface area is 139 Å². The fraction of sp³-hybridized carbons (Fsp3) is 0.222. The van der Waals surface area contributed by atoms with E-state index in [1.807, 2.05) is 6.92 Å². The van der Waals surface area contributed by atoms with Gasteiger partial charge in [0, 0.05) is 10.4 Å². The molecule has 0 atom stereocenters. The van der Waals surface area contributed by atoms with Crippen LogP contribution in [-0.2, 0) is 6.42 Å². The number of nitrogens with zero attached hydrogens (tertiary/aromatic N) is 1. The van der Waals surface area contributed by atoms with Crippen molar-refractivity contribution < 1.29 is 9.21 Å². The van der Waals surface area contributed by atoms with E-state index in [0.29, 0.717) is 5.13 Å². The highest BCUT2D eigenvalue weighted by Crippen LogP contribution is 2.30. The van der Waals surface area contributed by atoms with Crippen LogP contribution in [0.15, 0.2) is 47.1 Å². The number of thiazole rings is 1. The van der Waals surface area contributed by atoms with Crippen LogP contribution >= 0.6 is 11.3 Å². The summed E-state index contributed by atoms with van der Waals surface area (Å²) in [5, 5.41) is 3.36. The number of rotatable bonds is 5. The number of aromatic nitrogens is 1. The summed E-state index contributed by atoms with van der Waals surface area (Å²) in [4.78, 5) is 17.6. The van der Waals surface area contributed by atoms with Crippen molar-refractivity contribution in [2.75, 3.05) is 5.32 Å². The summed E-state index contributed by atoms with van der Waals surface area (Å²) in [5.41, 5.74) is 3.31. The Hall–Kier alpha value is -2.40. The lowest BCUT2D eigenvalue weighted by Crippen LogP contribution is -2.10. The maximum atomic E-state index is 12.0. The summed E-state index contributed by atoms with van der Waals surface area (Å²) < 4.78 is 5.09. The first kappa shape index (κ1) is 15.5. The van der Waals surface area contributed by atoms with Crippen LogP contribution in [0, 0.1) is 6.92 Å². The molecule has 0 aliphatic rings. The molecule has 1 N–H and O–H groups in total. The second kappa shape index (κ2) is 6.79. The average Bonchev–Trinajstić information content (AvgIpc) is 3.18. The summed E-state index contributed by atoms with van der Waals surface area (Å²) >= 11 is 1.46. The maximum Gasteiger partial charge on any atom is 0.293 e. The van der Waals surface area contributed by atoms with Crippen LogP contribution < -0.4 is 5.32 Å². The van der Waals surface area contributed by atoms with Crippen molar-refractivity contribution in [3.05, 3.63) is 58.9 Å². The maximum absolute atomic E-state index is 12.0. The van der Waals surface area contributed by atoms with Gasteiger partial charge < -0.3 is 4.42 Å². The van der Waals surface area contributed by atoms with Crippen LogP contribution in [0.3, 0.4) is 0 Å². The lowest BCUT2D eigenvalue weighted by molar-refractivity contribution is 0.0996. The molecule has 4 nitrogen and oxygen atoms in total. The Bertz CT molecular complexity index is 789. The smallest absolute Gasteiger partial charge is 0.293 e. The Balaban J connectivity index is 1.79. The van der Waals surface area contributed by atoms with E-state index in [-0.39, 0.29) is 11.7 Å². The molecular formula is C18H18N2O2S. The topological polar surface area (TPSA) is 55.1 Å². The van der Waals surface area contributed by atoms with Crippen molar-refractivity contribution in [3.63, 3.8) is 0 Å². The lowest BCUT2D eigenvalue weighted by atomic mass is 10.1. The molecule has 0 radical (unpaired) electrons. The molecule has 0 unspecified atom stereocenters. The highest BCUT2D eigenvalue weighted by molar-refractivity contribution is 7.16. The number of amides is 1. The number of hydrogen-bond acceptors (Lipinski definition) is 4. The Morgan fingerprint density at radius 3 is 2.70 bits per heavy atom. The summed E-state index contributed by atoms with van der Waals surface area (Å²) in [7, 11) is 0. The Kier molecular flexibility index (Phi) is 4.57. The largest absolute Gasteiger partial charge is 0.459 e. The van der Waals surface area contributed by atoms with E-state index in [0.717, 1.165) is 29.0 Å². The van der Waals surface area contributed by atoms with Crippen LogP contribution in [0.5, 0.6) is 0 Å². The molecule has 0 bridgehead atoms. The molecule has 0 fully saturated rings. The first-order valence-electron chi connectivity index (χ1n) is 7.59. The normalized spacial score (nSPS) is 10.7. The number of hydrogen-bond donors (Lipinski definition) is 1. The van der Waals surface area contributed by atoms with E-state index in [2.05, 4.69) is 41.5 Å². The van der Waals surface area contributed by atoms with Gasteiger partial charge in [0.25, 0.3) is 5.91 Å². The minimum absolute atomic E-state index is 0.281. The number of carbonyl (C=O) groups is 1. The zero-order valence-corrected chi connectivity index (χ0v) is 13.9. The van der Waals surface area contributed by atoms with Crippen molar-refractivity contribution >= 4 is 22.4 Å². The number of aryl methyl sites for hydroxylation is 2. The predicted molar refractivity (Wildman–Crippen MR) is 92.9 cm³/mol. The van der Waals surface area contributed by atoms with Crippen LogP contribution in [0.4, 0.5) is 5.13 Å². The highest BCUT2D eigenvalue weighted by atomic mass is 32.1. The van der Waals surface area contributed by atoms with E-state index >= 15 is 0 Å². The van der Waals surface area contributed by atoms with Gasteiger partial charge >= 0.3 is 0 Å². The fourth-order valence-electron chi connectivity index (χ4n) is 2.40. The zero-order valence-electron chi connectivity index (χ0n) is 13.1. The summed E-state index contributed by atoms with van der Waals surface area (Å²) in [5.74, 6) is -0.00286. The zero-order chi connectivity index (χ0) is 16.2. The number of carbonyl (C=O) groups excluding carboxylic acids is 1. The SMILES string of the molecule is CCCc1ccc(-c2nc(NC(=O)c3ccco3)sc2C)cc1. The van der Waals surface area contributed by atoms with Crippen molar-refractivity contribution in [1.82, 2.24) is 4.98 Å². The number of anilines is 1. The van der Waals surface area contributed by atoms with Gasteiger partial charge in [-0.1, -0.05) is 37.6 Å². The van der Waals surface area contributed by atoms with Crippen molar-refractivity contribution in [2.24, 2.45) is 0 Å². The van der Waals surface area contributed by atoms with E-state index in [9.17, 15) is 4.79 Å². The first-order valence-corrected chi connectivity index (χ1v) is 8.40. The van der Waals surface area contributed by atoms with Gasteiger partial charge in [0.2, 0.25) is 0 Å². The quantitative estimate of drug-likeness (QED) is 0.724. The predicted octanol–water partition coefficient (Wildman–Crippen LogP) is 4.92. The van der Waals surface area contributed by atoms with Crippen molar-refractivity contribution in [2.45, 2.75) is 26.7 Å². The summed E-state index contributed by atoms with van der Waals surface area (Å²) in [6.45, 7) is 4.18. The van der Waals surface area contributed by atoms with Crippen molar-refractivity contribution in [3.8, 4) is 11.3 Å². The van der Waals surface area contributed by atoms with Crippen molar-refractivity contribution in [1.29, 1.82) is 0 Å². The molecule has 2 heterocycles. The van der Waals surface area contributed by atoms with Gasteiger partial charge in [0.05, 0.1) is 12.0 Å². The molecule has 2 aromatic heterocycles. The Morgan fingerprint density at radius 1 is 1.26 bits per heavy atom. The summed E-state index contributed by atoms with van der Waals surface area (Å²) in [6.07, 6.45) is 3.70. The van der Waals surface area contributed by atoms with Gasteiger partial charge in [-0.2, -0.15) is 0 Å². The molecule has 1 amide bonds. The van der Waals surface area contributed by atoms with Gasteiger partial charge in [-0.25, -0.2) is 4.98 Å². The molecule has 3 rings (SSSR count). The van der Waals surface area contributed by atoms with E-state index < -0.39 is 0 Å². The molecule has 3 aromatic rings. The van der Waals surface area contributed by atoms with Gasteiger partial charge in [-0.15, -0.1) is 11.3 Å². The monoisotopic (exact) mass is 326 g/mol. The van der Waals surface area contributed by atoms with Crippen LogP contribution in [0.25, 0.3) is 11.3 Å². The third-order valence-corrected chi connectivity index (χ3v) is 4.41. The van der Waals surface area contributed by atoms with Crippen LogP contribution in [-0.4, -0.2) is 10.9 Å². The molecular weight excluding hydrogens is 308 g/mol. The molecule has 0 spiro atoms. The fourth-order valence-corrected chi connectivity index (χ4v) is 3.23. The molecule has 0 saturated carbocycles. The third-order valence-electron chi connectivity index (χ3n) is 3.53. The Morgan fingerprint density at radius 2 is 2.04 bits per heavy atom. The van der Waals surface area contributed by atoms with Gasteiger partial charge in [-0.3, -0.25) is 10.1 Å². The minimum Gasteiger partial charge on any atom is -0.459 e. The number of benzene rings is 1. The van der Waals surface area contributed by atoms with Gasteiger partial charge in [-0.05, 0) is 31.0 Å². The molecule has 0 saturated heterocycles. The third kappa shape index (κ3) is 3.51. The molecule has 0 aliphatic heterocycles. The molecule has 118 valence electrons. The average molecular weight is 326 g/mol. The molecule has 0 aliphatic carbocycles. The standard InChI is InChI=1S/C18H18N2O2S/c1-3-5-13-7-9-14(10-8-13)16-12(2)23-18(19-16)20-17(21)15-6-4-11-22-15/h4,6-11H,3,5H2,1-2H3,(H,19,20,21). The highest BCUT2D eigenvalue weighted by Gasteiger charge is 2.14.